The van der Waals surface area contributed by atoms with Crippen LogP contribution in [0, 0.1) is 0 Å². The molecular formula is C11H18N2O4. The molecule has 2 N–H and O–H groups in total. The highest BCUT2D eigenvalue weighted by Gasteiger charge is 2.24. The first-order chi connectivity index (χ1) is 8.04. The first-order valence-corrected chi connectivity index (χ1v) is 5.84. The van der Waals surface area contributed by atoms with E-state index in [-0.39, 0.29) is 12.5 Å². The summed E-state index contributed by atoms with van der Waals surface area (Å²) in [7, 11) is 0. The summed E-state index contributed by atoms with van der Waals surface area (Å²) >= 11 is 0. The molecule has 0 unspecified atom stereocenters. The van der Waals surface area contributed by atoms with Crippen LogP contribution in [0.1, 0.15) is 32.6 Å². The Morgan fingerprint density at radius 1 is 1.53 bits per heavy atom. The van der Waals surface area contributed by atoms with E-state index in [2.05, 4.69) is 5.32 Å². The van der Waals surface area contributed by atoms with Gasteiger partial charge in [-0.25, -0.2) is 4.79 Å². The van der Waals surface area contributed by atoms with Crippen molar-refractivity contribution in [3.63, 3.8) is 0 Å². The van der Waals surface area contributed by atoms with Crippen LogP contribution in [0.3, 0.4) is 0 Å². The zero-order valence-corrected chi connectivity index (χ0v) is 9.94. The second kappa shape index (κ2) is 6.22. The molecule has 1 heterocycles. The third-order valence-corrected chi connectivity index (χ3v) is 2.72. The fraction of sp³-hybridized carbons (Fsp3) is 0.727. The maximum Gasteiger partial charge on any atom is 0.326 e. The van der Waals surface area contributed by atoms with Gasteiger partial charge in [-0.1, -0.05) is 13.3 Å². The molecule has 0 spiro atoms. The monoisotopic (exact) mass is 242 g/mol. The number of carbonyl (C=O) groups excluding carboxylic acids is 2. The van der Waals surface area contributed by atoms with E-state index >= 15 is 0 Å². The highest BCUT2D eigenvalue weighted by Crippen LogP contribution is 2.08. The van der Waals surface area contributed by atoms with Crippen molar-refractivity contribution in [1.82, 2.24) is 10.2 Å². The molecule has 6 nitrogen and oxygen atoms in total. The minimum atomic E-state index is -1.03. The molecule has 1 atom stereocenters. The summed E-state index contributed by atoms with van der Waals surface area (Å²) < 4.78 is 0. The van der Waals surface area contributed by atoms with Crippen LogP contribution in [-0.2, 0) is 14.4 Å². The molecule has 1 saturated heterocycles. The van der Waals surface area contributed by atoms with Crippen LogP contribution in [0.5, 0.6) is 0 Å². The van der Waals surface area contributed by atoms with Crippen LogP contribution in [-0.4, -0.2) is 46.9 Å². The van der Waals surface area contributed by atoms with Crippen molar-refractivity contribution in [1.29, 1.82) is 0 Å². The largest absolute Gasteiger partial charge is 0.480 e. The molecule has 0 aromatic rings. The number of carboxylic acids is 1. The lowest BCUT2D eigenvalue weighted by molar-refractivity contribution is -0.142. The van der Waals surface area contributed by atoms with Crippen LogP contribution >= 0.6 is 0 Å². The van der Waals surface area contributed by atoms with E-state index in [0.29, 0.717) is 25.8 Å². The van der Waals surface area contributed by atoms with Gasteiger partial charge in [0.25, 0.3) is 0 Å². The topological polar surface area (TPSA) is 86.7 Å². The first kappa shape index (κ1) is 13.5. The van der Waals surface area contributed by atoms with E-state index in [1.807, 2.05) is 6.92 Å². The average molecular weight is 242 g/mol. The van der Waals surface area contributed by atoms with Gasteiger partial charge in [0.1, 0.15) is 6.04 Å². The van der Waals surface area contributed by atoms with Gasteiger partial charge in [-0.05, 0) is 12.8 Å². The Morgan fingerprint density at radius 2 is 2.24 bits per heavy atom. The third kappa shape index (κ3) is 4.05. The number of hydrogen-bond donors (Lipinski definition) is 2. The van der Waals surface area contributed by atoms with Gasteiger partial charge < -0.3 is 15.3 Å². The Hall–Kier alpha value is -1.59. The van der Waals surface area contributed by atoms with Crippen LogP contribution in [0.25, 0.3) is 0 Å². The molecular weight excluding hydrogens is 224 g/mol. The fourth-order valence-corrected chi connectivity index (χ4v) is 1.83. The van der Waals surface area contributed by atoms with Gasteiger partial charge in [0.2, 0.25) is 11.8 Å². The van der Waals surface area contributed by atoms with Crippen molar-refractivity contribution in [2.45, 2.75) is 38.6 Å². The number of nitrogens with zero attached hydrogens (tertiary/aromatic N) is 1. The molecule has 0 aromatic heterocycles. The Balaban J connectivity index is 2.41. The minimum absolute atomic E-state index is 0.0354. The van der Waals surface area contributed by atoms with Crippen LogP contribution in [0.2, 0.25) is 0 Å². The number of hydrogen-bond acceptors (Lipinski definition) is 3. The van der Waals surface area contributed by atoms with Gasteiger partial charge in [-0.2, -0.15) is 0 Å². The minimum Gasteiger partial charge on any atom is -0.480 e. The summed E-state index contributed by atoms with van der Waals surface area (Å²) in [5, 5.41) is 11.3. The Kier molecular flexibility index (Phi) is 4.93. The lowest BCUT2D eigenvalue weighted by atomic mass is 10.1. The van der Waals surface area contributed by atoms with E-state index in [4.69, 9.17) is 5.11 Å². The average Bonchev–Trinajstić information content (AvgIpc) is 2.63. The molecule has 1 aliphatic rings. The molecule has 0 aromatic carbocycles. The van der Waals surface area contributed by atoms with Crippen molar-refractivity contribution in [3.8, 4) is 0 Å². The fourth-order valence-electron chi connectivity index (χ4n) is 1.83. The van der Waals surface area contributed by atoms with Gasteiger partial charge in [0.05, 0.1) is 6.54 Å². The van der Waals surface area contributed by atoms with Gasteiger partial charge >= 0.3 is 5.97 Å². The smallest absolute Gasteiger partial charge is 0.326 e. The van der Waals surface area contributed by atoms with E-state index in [9.17, 15) is 14.4 Å². The van der Waals surface area contributed by atoms with Gasteiger partial charge in [-0.3, -0.25) is 9.59 Å². The first-order valence-electron chi connectivity index (χ1n) is 5.84. The van der Waals surface area contributed by atoms with E-state index < -0.39 is 17.9 Å². The predicted molar refractivity (Wildman–Crippen MR) is 60.3 cm³/mol. The summed E-state index contributed by atoms with van der Waals surface area (Å²) in [6.45, 7) is 2.40. The highest BCUT2D eigenvalue weighted by atomic mass is 16.4. The van der Waals surface area contributed by atoms with E-state index in [1.54, 1.807) is 0 Å². The maximum absolute atomic E-state index is 11.6. The van der Waals surface area contributed by atoms with Gasteiger partial charge in [0.15, 0.2) is 0 Å². The number of likely N-dealkylation sites (tertiary alicyclic amines) is 1. The predicted octanol–water partition coefficient (Wildman–Crippen LogP) is -0.0217. The van der Waals surface area contributed by atoms with Gasteiger partial charge in [-0.15, -0.1) is 0 Å². The molecule has 2 amide bonds. The number of rotatable bonds is 6. The Labute approximate surface area is 100.0 Å². The summed E-state index contributed by atoms with van der Waals surface area (Å²) in [6, 6.07) is -0.856. The van der Waals surface area contributed by atoms with Crippen LogP contribution in [0.15, 0.2) is 0 Å². The molecule has 0 aliphatic carbocycles. The molecule has 17 heavy (non-hydrogen) atoms. The quantitative estimate of drug-likeness (QED) is 0.685. The van der Waals surface area contributed by atoms with E-state index in [0.717, 1.165) is 6.42 Å². The molecule has 96 valence electrons. The van der Waals surface area contributed by atoms with Crippen molar-refractivity contribution in [3.05, 3.63) is 0 Å². The molecule has 0 saturated carbocycles. The standard InChI is InChI=1S/C11H18N2O4/c1-2-4-8(11(16)17)12-9(14)7-13-6-3-5-10(13)15/h8H,2-7H2,1H3,(H,12,14)(H,16,17)/t8-/m1/s1. The second-order valence-electron chi connectivity index (χ2n) is 4.17. The van der Waals surface area contributed by atoms with Crippen molar-refractivity contribution < 1.29 is 19.5 Å². The Bertz CT molecular complexity index is 317. The molecule has 1 rings (SSSR count). The molecule has 0 bridgehead atoms. The van der Waals surface area contributed by atoms with Crippen molar-refractivity contribution in [2.24, 2.45) is 0 Å². The number of carboxylic acid groups (broad SMARTS) is 1. The summed E-state index contributed by atoms with van der Waals surface area (Å²) in [5.41, 5.74) is 0. The summed E-state index contributed by atoms with van der Waals surface area (Å²) in [5.74, 6) is -1.48. The maximum atomic E-state index is 11.6. The second-order valence-corrected chi connectivity index (χ2v) is 4.17. The SMILES string of the molecule is CCC[C@@H](NC(=O)CN1CCCC1=O)C(=O)O. The van der Waals surface area contributed by atoms with E-state index in [1.165, 1.54) is 4.90 Å². The molecule has 6 heteroatoms. The molecule has 1 fully saturated rings. The molecule has 1 aliphatic heterocycles. The highest BCUT2D eigenvalue weighted by molar-refractivity contribution is 5.88. The summed E-state index contributed by atoms with van der Waals surface area (Å²) in [4.78, 5) is 35.1. The number of carbonyl (C=O) groups is 3. The zero-order chi connectivity index (χ0) is 12.8. The van der Waals surface area contributed by atoms with Crippen molar-refractivity contribution >= 4 is 17.8 Å². The zero-order valence-electron chi connectivity index (χ0n) is 9.94. The summed E-state index contributed by atoms with van der Waals surface area (Å²) in [6.07, 6.45) is 2.32. The van der Waals surface area contributed by atoms with Crippen molar-refractivity contribution in [2.75, 3.05) is 13.1 Å². The third-order valence-electron chi connectivity index (χ3n) is 2.72. The van der Waals surface area contributed by atoms with Crippen LogP contribution < -0.4 is 5.32 Å². The number of nitrogens with one attached hydrogen (secondary N) is 1. The number of aliphatic carboxylic acids is 1. The molecule has 0 radical (unpaired) electrons. The lowest BCUT2D eigenvalue weighted by Crippen LogP contribution is -2.45. The normalized spacial score (nSPS) is 17.0. The Morgan fingerprint density at radius 3 is 2.71 bits per heavy atom. The number of amides is 2. The van der Waals surface area contributed by atoms with Gasteiger partial charge in [0, 0.05) is 13.0 Å². The van der Waals surface area contributed by atoms with Crippen LogP contribution in [0.4, 0.5) is 0 Å². The lowest BCUT2D eigenvalue weighted by Gasteiger charge is -2.18.